The minimum atomic E-state index is -0.230. The molecule has 2 heterocycles. The highest BCUT2D eigenvalue weighted by Gasteiger charge is 2.28. The van der Waals surface area contributed by atoms with Crippen LogP contribution in [0.1, 0.15) is 18.6 Å². The van der Waals surface area contributed by atoms with Crippen LogP contribution in [0.4, 0.5) is 10.3 Å². The van der Waals surface area contributed by atoms with E-state index in [1.807, 2.05) is 31.2 Å². The number of halogens is 1. The maximum atomic E-state index is 13.1. The predicted octanol–water partition coefficient (Wildman–Crippen LogP) is 3.67. The zero-order chi connectivity index (χ0) is 15.8. The Morgan fingerprint density at radius 1 is 1.13 bits per heavy atom. The summed E-state index contributed by atoms with van der Waals surface area (Å²) >= 11 is 0. The van der Waals surface area contributed by atoms with Crippen LogP contribution in [0.5, 0.6) is 0 Å². The number of rotatable bonds is 2. The largest absolute Gasteiger partial charge is 0.367 e. The van der Waals surface area contributed by atoms with Crippen molar-refractivity contribution in [1.29, 1.82) is 0 Å². The molecule has 4 nitrogen and oxygen atoms in total. The molecule has 2 atom stereocenters. The topological polar surface area (TPSA) is 41.2 Å². The highest BCUT2D eigenvalue weighted by molar-refractivity contribution is 5.77. The summed E-state index contributed by atoms with van der Waals surface area (Å²) in [6.45, 7) is 3.51. The Morgan fingerprint density at radius 3 is 2.70 bits per heavy atom. The molecule has 0 amide bonds. The van der Waals surface area contributed by atoms with Gasteiger partial charge in [-0.1, -0.05) is 24.3 Å². The lowest BCUT2D eigenvalue weighted by Crippen LogP contribution is -2.43. The number of nitrogens with one attached hydrogen (secondary N) is 1. The molecule has 3 aromatic rings. The van der Waals surface area contributed by atoms with E-state index in [1.54, 1.807) is 12.1 Å². The molecule has 1 aromatic heterocycles. The lowest BCUT2D eigenvalue weighted by molar-refractivity contribution is -0.0178. The fraction of sp³-hybridized carbons (Fsp3) is 0.278. The highest BCUT2D eigenvalue weighted by atomic mass is 19.1. The van der Waals surface area contributed by atoms with Crippen LogP contribution >= 0.6 is 0 Å². The summed E-state index contributed by atoms with van der Waals surface area (Å²) in [5.41, 5.74) is 2.97. The number of hydrogen-bond acceptors (Lipinski definition) is 3. The molecule has 118 valence electrons. The summed E-state index contributed by atoms with van der Waals surface area (Å²) in [6.07, 6.45) is -0.0143. The van der Waals surface area contributed by atoms with Crippen molar-refractivity contribution in [3.05, 3.63) is 59.9 Å². The van der Waals surface area contributed by atoms with Crippen molar-refractivity contribution in [3.63, 3.8) is 0 Å². The summed E-state index contributed by atoms with van der Waals surface area (Å²) in [5, 5.41) is 0. The zero-order valence-corrected chi connectivity index (χ0v) is 12.9. The van der Waals surface area contributed by atoms with Crippen molar-refractivity contribution < 1.29 is 9.13 Å². The third kappa shape index (κ3) is 2.80. The Labute approximate surface area is 133 Å². The first kappa shape index (κ1) is 14.2. The molecule has 0 aliphatic carbocycles. The van der Waals surface area contributed by atoms with E-state index < -0.39 is 0 Å². The number of benzene rings is 2. The van der Waals surface area contributed by atoms with Crippen LogP contribution in [0.15, 0.2) is 48.5 Å². The second-order valence-electron chi connectivity index (χ2n) is 5.97. The van der Waals surface area contributed by atoms with E-state index in [0.29, 0.717) is 6.54 Å². The zero-order valence-electron chi connectivity index (χ0n) is 12.9. The average Bonchev–Trinajstić information content (AvgIpc) is 2.99. The van der Waals surface area contributed by atoms with Crippen LogP contribution in [0.2, 0.25) is 0 Å². The van der Waals surface area contributed by atoms with Gasteiger partial charge in [-0.05, 0) is 36.8 Å². The number of morpholine rings is 1. The molecule has 0 saturated carbocycles. The van der Waals surface area contributed by atoms with Crippen LogP contribution < -0.4 is 4.90 Å². The Morgan fingerprint density at radius 2 is 1.91 bits per heavy atom. The Hall–Kier alpha value is -2.40. The quantitative estimate of drug-likeness (QED) is 0.785. The van der Waals surface area contributed by atoms with Crippen LogP contribution in [-0.2, 0) is 4.74 Å². The number of imidazole rings is 1. The maximum Gasteiger partial charge on any atom is 0.204 e. The van der Waals surface area contributed by atoms with Crippen LogP contribution in [0, 0.1) is 5.82 Å². The number of nitrogens with zero attached hydrogens (tertiary/aromatic N) is 2. The molecule has 1 saturated heterocycles. The van der Waals surface area contributed by atoms with Crippen LogP contribution in [-0.4, -0.2) is 29.2 Å². The van der Waals surface area contributed by atoms with Gasteiger partial charge in [-0.3, -0.25) is 0 Å². The van der Waals surface area contributed by atoms with E-state index in [-0.39, 0.29) is 18.0 Å². The molecule has 0 spiro atoms. The molecule has 0 radical (unpaired) electrons. The van der Waals surface area contributed by atoms with Crippen molar-refractivity contribution in [1.82, 2.24) is 9.97 Å². The number of hydrogen-bond donors (Lipinski definition) is 1. The molecule has 0 bridgehead atoms. The van der Waals surface area contributed by atoms with Gasteiger partial charge in [-0.25, -0.2) is 9.37 Å². The van der Waals surface area contributed by atoms with Gasteiger partial charge < -0.3 is 14.6 Å². The first-order valence-corrected chi connectivity index (χ1v) is 7.79. The number of aromatic amines is 1. The summed E-state index contributed by atoms with van der Waals surface area (Å²) in [7, 11) is 0. The monoisotopic (exact) mass is 311 g/mol. The number of fused-ring (bicyclic) bond motifs is 1. The minimum absolute atomic E-state index is 0.0759. The molecule has 1 aliphatic heterocycles. The van der Waals surface area contributed by atoms with E-state index >= 15 is 0 Å². The van der Waals surface area contributed by atoms with Crippen molar-refractivity contribution in [2.24, 2.45) is 0 Å². The Kier molecular flexibility index (Phi) is 3.50. The van der Waals surface area contributed by atoms with Gasteiger partial charge in [-0.2, -0.15) is 0 Å². The van der Waals surface area contributed by atoms with Crippen molar-refractivity contribution in [2.45, 2.75) is 19.1 Å². The lowest BCUT2D eigenvalue weighted by atomic mass is 10.1. The maximum absolute atomic E-state index is 13.1. The van der Waals surface area contributed by atoms with Crippen molar-refractivity contribution >= 4 is 17.0 Å². The number of aromatic nitrogens is 2. The molecule has 2 aromatic carbocycles. The molecule has 1 aliphatic rings. The molecule has 5 heteroatoms. The molecule has 1 N–H and O–H groups in total. The van der Waals surface area contributed by atoms with Crippen LogP contribution in [0.3, 0.4) is 0 Å². The standard InChI is InChI=1S/C18H18FN3O/c1-12-10-22(18-20-15-4-2-3-5-16(15)21-18)11-17(23-12)13-6-8-14(19)9-7-13/h2-9,12,17H,10-11H2,1H3,(H,20,21). The minimum Gasteiger partial charge on any atom is -0.367 e. The predicted molar refractivity (Wildman–Crippen MR) is 88.0 cm³/mol. The molecule has 1 fully saturated rings. The lowest BCUT2D eigenvalue weighted by Gasteiger charge is -2.36. The van der Waals surface area contributed by atoms with Gasteiger partial charge in [0.25, 0.3) is 0 Å². The summed E-state index contributed by atoms with van der Waals surface area (Å²) < 4.78 is 19.2. The van der Waals surface area contributed by atoms with Gasteiger partial charge in [0.1, 0.15) is 11.9 Å². The Bertz CT molecular complexity index is 782. The third-order valence-corrected chi connectivity index (χ3v) is 4.18. The number of H-pyrrole nitrogens is 1. The SMILES string of the molecule is CC1CN(c2nc3ccccc3[nH]2)CC(c2ccc(F)cc2)O1. The molecule has 2 unspecified atom stereocenters. The summed E-state index contributed by atoms with van der Waals surface area (Å²) in [4.78, 5) is 10.2. The second kappa shape index (κ2) is 5.66. The summed E-state index contributed by atoms with van der Waals surface area (Å²) in [6, 6.07) is 14.5. The van der Waals surface area contributed by atoms with E-state index in [9.17, 15) is 4.39 Å². The summed E-state index contributed by atoms with van der Waals surface area (Å²) in [5.74, 6) is 0.625. The van der Waals surface area contributed by atoms with Gasteiger partial charge in [0, 0.05) is 6.54 Å². The molecule has 23 heavy (non-hydrogen) atoms. The smallest absolute Gasteiger partial charge is 0.204 e. The van der Waals surface area contributed by atoms with Gasteiger partial charge >= 0.3 is 0 Å². The normalized spacial score (nSPS) is 21.7. The van der Waals surface area contributed by atoms with Gasteiger partial charge in [0.05, 0.1) is 23.7 Å². The van der Waals surface area contributed by atoms with E-state index in [1.165, 1.54) is 12.1 Å². The molecule has 4 rings (SSSR count). The third-order valence-electron chi connectivity index (χ3n) is 4.18. The van der Waals surface area contributed by atoms with Gasteiger partial charge in [0.15, 0.2) is 0 Å². The molecular weight excluding hydrogens is 293 g/mol. The number of ether oxygens (including phenoxy) is 1. The Balaban J connectivity index is 1.62. The number of anilines is 1. The first-order chi connectivity index (χ1) is 11.2. The first-order valence-electron chi connectivity index (χ1n) is 7.79. The average molecular weight is 311 g/mol. The fourth-order valence-electron chi connectivity index (χ4n) is 3.07. The van der Waals surface area contributed by atoms with Crippen molar-refractivity contribution in [2.75, 3.05) is 18.0 Å². The van der Waals surface area contributed by atoms with E-state index in [0.717, 1.165) is 29.1 Å². The number of para-hydroxylation sites is 2. The van der Waals surface area contributed by atoms with E-state index in [2.05, 4.69) is 14.9 Å². The fourth-order valence-corrected chi connectivity index (χ4v) is 3.07. The highest BCUT2D eigenvalue weighted by Crippen LogP contribution is 2.28. The van der Waals surface area contributed by atoms with Crippen molar-refractivity contribution in [3.8, 4) is 0 Å². The second-order valence-corrected chi connectivity index (χ2v) is 5.97. The van der Waals surface area contributed by atoms with Gasteiger partial charge in [-0.15, -0.1) is 0 Å². The van der Waals surface area contributed by atoms with E-state index in [4.69, 9.17) is 4.74 Å². The molecular formula is C18H18FN3O. The van der Waals surface area contributed by atoms with Gasteiger partial charge in [0.2, 0.25) is 5.95 Å². The van der Waals surface area contributed by atoms with Crippen LogP contribution in [0.25, 0.3) is 11.0 Å².